The molecule has 3 atom stereocenters. The van der Waals surface area contributed by atoms with E-state index in [4.69, 9.17) is 9.85 Å². The molecule has 0 radical (unpaired) electrons. The number of hydrogen-bond donors (Lipinski definition) is 1. The summed E-state index contributed by atoms with van der Waals surface area (Å²) in [6.45, 7) is 6.76. The second-order valence-electron chi connectivity index (χ2n) is 10.3. The van der Waals surface area contributed by atoms with Gasteiger partial charge < -0.3 is 9.64 Å². The maximum absolute atomic E-state index is 13.9. The Bertz CT molecular complexity index is 1500. The molecular formula is C33H33N4O2+. The molecule has 1 N–H and O–H groups in total. The highest BCUT2D eigenvalue weighted by molar-refractivity contribution is 5.79. The maximum atomic E-state index is 13.9. The minimum atomic E-state index is -0.995. The van der Waals surface area contributed by atoms with Crippen LogP contribution in [0.4, 0.5) is 11.4 Å². The summed E-state index contributed by atoms with van der Waals surface area (Å²) in [4.78, 5) is 18.1. The van der Waals surface area contributed by atoms with Gasteiger partial charge in [-0.2, -0.15) is 5.43 Å². The number of carbonyl (C=O) groups excluding carboxylic acids is 1. The second kappa shape index (κ2) is 9.70. The normalized spacial score (nSPS) is 23.6. The lowest BCUT2D eigenvalue weighted by atomic mass is 9.70. The summed E-state index contributed by atoms with van der Waals surface area (Å²) in [7, 11) is 0. The third-order valence-corrected chi connectivity index (χ3v) is 7.96. The first kappa shape index (κ1) is 24.9. The van der Waals surface area contributed by atoms with E-state index in [0.29, 0.717) is 13.2 Å². The minimum Gasteiger partial charge on any atom is -0.466 e. The first-order valence-electron chi connectivity index (χ1n) is 13.5. The summed E-state index contributed by atoms with van der Waals surface area (Å²) in [6, 6.07) is 37.2. The van der Waals surface area contributed by atoms with Crippen molar-refractivity contribution in [2.75, 3.05) is 18.1 Å². The monoisotopic (exact) mass is 517 g/mol. The molecule has 4 aromatic carbocycles. The van der Waals surface area contributed by atoms with Crippen molar-refractivity contribution in [2.45, 2.75) is 32.0 Å². The van der Waals surface area contributed by atoms with Crippen molar-refractivity contribution in [1.82, 2.24) is 5.43 Å². The van der Waals surface area contributed by atoms with Crippen LogP contribution in [0.2, 0.25) is 0 Å². The van der Waals surface area contributed by atoms with Gasteiger partial charge in [-0.25, -0.2) is 0 Å². The van der Waals surface area contributed by atoms with E-state index in [-0.39, 0.29) is 5.97 Å². The van der Waals surface area contributed by atoms with Gasteiger partial charge in [-0.3, -0.25) is 4.79 Å². The summed E-state index contributed by atoms with van der Waals surface area (Å²) in [5.41, 5.74) is 7.99. The van der Waals surface area contributed by atoms with Crippen LogP contribution in [0.3, 0.4) is 0 Å². The molecule has 0 aliphatic carbocycles. The summed E-state index contributed by atoms with van der Waals surface area (Å²) in [5.74, 6) is -0.801. The molecule has 4 aromatic rings. The van der Waals surface area contributed by atoms with E-state index in [1.54, 1.807) is 0 Å². The number of ether oxygens (including phenoxy) is 1. The molecule has 1 saturated heterocycles. The predicted octanol–water partition coefficient (Wildman–Crippen LogP) is 6.37. The van der Waals surface area contributed by atoms with Crippen molar-refractivity contribution in [3.05, 3.63) is 131 Å². The molecule has 6 rings (SSSR count). The summed E-state index contributed by atoms with van der Waals surface area (Å²) >= 11 is 0. The van der Waals surface area contributed by atoms with E-state index in [1.807, 2.05) is 60.3 Å². The molecule has 2 aliphatic rings. The molecule has 2 heterocycles. The van der Waals surface area contributed by atoms with Gasteiger partial charge in [0.05, 0.1) is 6.61 Å². The number of nitrogens with zero attached hydrogens (tertiary/aromatic N) is 3. The van der Waals surface area contributed by atoms with Crippen LogP contribution in [0.15, 0.2) is 114 Å². The van der Waals surface area contributed by atoms with Gasteiger partial charge in [0.2, 0.25) is 0 Å². The van der Waals surface area contributed by atoms with Crippen LogP contribution in [0.1, 0.15) is 29.2 Å². The molecule has 39 heavy (non-hydrogen) atoms. The zero-order valence-electron chi connectivity index (χ0n) is 22.5. The summed E-state index contributed by atoms with van der Waals surface area (Å²) < 4.78 is 5.76. The number of esters is 1. The number of hydrogen-bond acceptors (Lipinski definition) is 5. The third kappa shape index (κ3) is 3.82. The number of benzene rings is 4. The number of para-hydroxylation sites is 2. The van der Waals surface area contributed by atoms with Crippen molar-refractivity contribution >= 4 is 17.3 Å². The summed E-state index contributed by atoms with van der Waals surface area (Å²) in [5, 5.41) is 5.51. The fourth-order valence-corrected chi connectivity index (χ4v) is 6.13. The van der Waals surface area contributed by atoms with Crippen LogP contribution in [0.25, 0.3) is 0 Å². The number of hydrazine groups is 1. The van der Waals surface area contributed by atoms with Crippen LogP contribution in [-0.2, 0) is 20.7 Å². The van der Waals surface area contributed by atoms with Crippen LogP contribution in [0.5, 0.6) is 0 Å². The molecule has 0 saturated carbocycles. The SMILES string of the molecule is CCOC(=O)[C@@H]1CN(c2ccccc2)[C@@]2(c3ccc(C)cc3)N=[N+](c3ccccc3)N[C@@]12c1ccc(C)cc1. The highest BCUT2D eigenvalue weighted by Crippen LogP contribution is 2.60. The van der Waals surface area contributed by atoms with Crippen molar-refractivity contribution in [2.24, 2.45) is 11.0 Å². The van der Waals surface area contributed by atoms with Crippen molar-refractivity contribution in [1.29, 1.82) is 0 Å². The molecule has 0 aromatic heterocycles. The first-order chi connectivity index (χ1) is 19.0. The van der Waals surface area contributed by atoms with Crippen molar-refractivity contribution in [3.63, 3.8) is 0 Å². The van der Waals surface area contributed by atoms with Crippen LogP contribution >= 0.6 is 0 Å². The van der Waals surface area contributed by atoms with Gasteiger partial charge in [-0.15, -0.1) is 0 Å². The van der Waals surface area contributed by atoms with Gasteiger partial charge in [0.15, 0.2) is 5.54 Å². The number of carbonyl (C=O) groups is 1. The number of fused-ring (bicyclic) bond motifs is 1. The van der Waals surface area contributed by atoms with E-state index in [1.165, 1.54) is 0 Å². The summed E-state index contributed by atoms with van der Waals surface area (Å²) in [6.07, 6.45) is 0. The number of nitrogens with one attached hydrogen (secondary N) is 1. The van der Waals surface area contributed by atoms with E-state index in [0.717, 1.165) is 33.6 Å². The zero-order chi connectivity index (χ0) is 27.0. The van der Waals surface area contributed by atoms with E-state index in [2.05, 4.69) is 84.8 Å². The molecule has 0 spiro atoms. The van der Waals surface area contributed by atoms with Gasteiger partial charge in [-0.1, -0.05) is 96.1 Å². The van der Waals surface area contributed by atoms with Crippen LogP contribution in [-0.4, -0.2) is 23.9 Å². The van der Waals surface area contributed by atoms with Crippen LogP contribution < -0.4 is 10.3 Å². The molecule has 0 bridgehead atoms. The second-order valence-corrected chi connectivity index (χ2v) is 10.3. The third-order valence-electron chi connectivity index (χ3n) is 7.96. The average Bonchev–Trinajstić information content (AvgIpc) is 3.46. The van der Waals surface area contributed by atoms with Crippen LogP contribution in [0, 0.1) is 19.8 Å². The van der Waals surface area contributed by atoms with E-state index < -0.39 is 17.1 Å². The Morgan fingerprint density at radius 2 is 1.44 bits per heavy atom. The predicted molar refractivity (Wildman–Crippen MR) is 152 cm³/mol. The topological polar surface area (TPSA) is 56.9 Å². The average molecular weight is 518 g/mol. The molecular weight excluding hydrogens is 484 g/mol. The molecule has 6 nitrogen and oxygen atoms in total. The number of azo groups is 1. The fraction of sp³-hybridized carbons (Fsp3) is 0.242. The molecule has 196 valence electrons. The highest BCUT2D eigenvalue weighted by Gasteiger charge is 2.77. The number of aryl methyl sites for hydroxylation is 2. The smallest absolute Gasteiger partial charge is 0.313 e. The Labute approximate surface area is 229 Å². The van der Waals surface area contributed by atoms with E-state index in [9.17, 15) is 4.79 Å². The van der Waals surface area contributed by atoms with E-state index >= 15 is 0 Å². The van der Waals surface area contributed by atoms with Gasteiger partial charge >= 0.3 is 5.97 Å². The first-order valence-corrected chi connectivity index (χ1v) is 13.5. The molecule has 1 fully saturated rings. The maximum Gasteiger partial charge on any atom is 0.313 e. The Kier molecular flexibility index (Phi) is 6.18. The Hall–Kier alpha value is -4.45. The van der Waals surface area contributed by atoms with Crippen molar-refractivity contribution in [3.8, 4) is 0 Å². The highest BCUT2D eigenvalue weighted by atomic mass is 16.5. The molecule has 0 unspecified atom stereocenters. The Balaban J connectivity index is 1.72. The Morgan fingerprint density at radius 1 is 0.872 bits per heavy atom. The molecule has 6 heteroatoms. The van der Waals surface area contributed by atoms with Gasteiger partial charge in [0.1, 0.15) is 5.92 Å². The zero-order valence-corrected chi connectivity index (χ0v) is 22.5. The van der Waals surface area contributed by atoms with Gasteiger partial charge in [-0.05, 0) is 38.5 Å². The number of rotatable bonds is 6. The lowest BCUT2D eigenvalue weighted by Gasteiger charge is -2.40. The largest absolute Gasteiger partial charge is 0.466 e. The lowest BCUT2D eigenvalue weighted by molar-refractivity contribution is -0.570. The standard InChI is InChI=1S/C33H33N4O2/c1-4-39-31(38)30-23-36(28-11-7-5-8-12-28)33(27-21-17-25(3)18-22-27)32(30,26-19-15-24(2)16-20-26)34-37(35-33)29-13-9-6-10-14-29/h5-22,30H,4,23H2,1-3H3,(H,34,35)/q+1/t30-,32-,33+/m0/s1. The van der Waals surface area contributed by atoms with Gasteiger partial charge in [0, 0.05) is 39.8 Å². The molecule has 2 aliphatic heterocycles. The van der Waals surface area contributed by atoms with Crippen molar-refractivity contribution < 1.29 is 14.3 Å². The number of anilines is 1. The lowest BCUT2D eigenvalue weighted by Crippen LogP contribution is -2.59. The minimum absolute atomic E-state index is 0.245. The fourth-order valence-electron chi connectivity index (χ4n) is 6.13. The Morgan fingerprint density at radius 3 is 2.03 bits per heavy atom. The quantitative estimate of drug-likeness (QED) is 0.239. The van der Waals surface area contributed by atoms with Gasteiger partial charge in [0.25, 0.3) is 11.4 Å². The molecule has 0 amide bonds.